The summed E-state index contributed by atoms with van der Waals surface area (Å²) in [6.07, 6.45) is 18.0. The van der Waals surface area contributed by atoms with Crippen molar-refractivity contribution in [3.05, 3.63) is 25.7 Å². The summed E-state index contributed by atoms with van der Waals surface area (Å²) in [5.41, 5.74) is 0. The van der Waals surface area contributed by atoms with E-state index in [2.05, 4.69) is 118 Å². The summed E-state index contributed by atoms with van der Waals surface area (Å²) in [6.45, 7) is 59.8. The smallest absolute Gasteiger partial charge is 0.502 e. The second-order valence-electron chi connectivity index (χ2n) is 35.6. The van der Waals surface area contributed by atoms with E-state index in [1.807, 2.05) is 0 Å². The maximum Gasteiger partial charge on any atom is 0.508 e. The molecule has 6 saturated heterocycles. The van der Waals surface area contributed by atoms with E-state index in [4.69, 9.17) is 102 Å². The molecule has 0 N–H and O–H groups in total. The average molecular weight is 1670 g/mol. The molecule has 6 aliphatic heterocycles. The summed E-state index contributed by atoms with van der Waals surface area (Å²) in [5, 5.41) is 0. The third kappa shape index (κ3) is 48.3. The zero-order valence-corrected chi connectivity index (χ0v) is 78.3. The molecule has 2 saturated carbocycles. The van der Waals surface area contributed by atoms with Crippen LogP contribution in [0, 0.1) is 23.7 Å². The first kappa shape index (κ1) is 97.3. The van der Waals surface area contributed by atoms with Crippen LogP contribution in [0.25, 0.3) is 0 Å². The fraction of sp³-hybridized carbons (Fsp3) is 0.921. The number of carbonyl (C=O) groups is 2. The molecule has 8 fully saturated rings. The van der Waals surface area contributed by atoms with Gasteiger partial charge in [0.25, 0.3) is 0 Å². The van der Waals surface area contributed by atoms with E-state index in [9.17, 15) is 9.59 Å². The SMILES string of the molecule is C=COCC1CCC(COCC[Si](C)(C)O[Si](C)(C)CCOCC2CCC(COC=C)CC2)CC1.C[Si](C)(CCC1OCCO1)O[Si](C)(C)CCC1OCCO1.C[Si](C)(CCCOCC1CO1)O[Si](C)(C)CCCOCC1CO1.C[Si](C)(CCCOCC1COC(=O)O1)O[Si](C)(C)CCCOCC1COC(=O)O1. The van der Waals surface area contributed by atoms with Crippen molar-refractivity contribution in [2.45, 2.75) is 280 Å². The van der Waals surface area contributed by atoms with Gasteiger partial charge in [-0.2, -0.15) is 0 Å². The monoisotopic (exact) mass is 1670 g/mol. The number of epoxide rings is 2. The molecule has 32 heteroatoms. The fourth-order valence-electron chi connectivity index (χ4n) is 14.6. The summed E-state index contributed by atoms with van der Waals surface area (Å²) in [7, 11) is -13.5. The van der Waals surface area contributed by atoms with Crippen LogP contribution in [0.3, 0.4) is 0 Å². The number of ether oxygens (including phenoxy) is 18. The first-order valence-corrected chi connectivity index (χ1v) is 66.1. The van der Waals surface area contributed by atoms with Gasteiger partial charge in [-0.25, -0.2) is 9.59 Å². The first-order valence-electron chi connectivity index (χ1n) is 41.2. The van der Waals surface area contributed by atoms with Crippen LogP contribution in [0.4, 0.5) is 9.59 Å². The second kappa shape index (κ2) is 51.0. The van der Waals surface area contributed by atoms with Crippen molar-refractivity contribution < 1.29 is 111 Å². The fourth-order valence-corrected chi connectivity index (χ4v) is 49.0. The Morgan fingerprint density at radius 1 is 0.315 bits per heavy atom. The molecule has 8 aliphatic rings. The lowest BCUT2D eigenvalue weighted by Gasteiger charge is -2.34. The Hall–Kier alpha value is -1.28. The van der Waals surface area contributed by atoms with Gasteiger partial charge in [0, 0.05) is 52.9 Å². The summed E-state index contributed by atoms with van der Waals surface area (Å²) in [5.74, 6) is 2.80. The largest absolute Gasteiger partial charge is 0.508 e. The van der Waals surface area contributed by atoms with Crippen molar-refractivity contribution in [2.24, 2.45) is 23.7 Å². The number of carbonyl (C=O) groups excluding carboxylic acids is 2. The van der Waals surface area contributed by atoms with E-state index < -0.39 is 78.8 Å². The van der Waals surface area contributed by atoms with Crippen LogP contribution >= 0.6 is 0 Å². The third-order valence-corrected chi connectivity index (χ3v) is 50.1. The normalized spacial score (nSPS) is 23.7. The molecule has 0 radical (unpaired) electrons. The maximum absolute atomic E-state index is 10.9. The molecule has 2 aliphatic carbocycles. The van der Waals surface area contributed by atoms with Gasteiger partial charge in [-0.3, -0.25) is 0 Å². The quantitative estimate of drug-likeness (QED) is 0.0181. The van der Waals surface area contributed by atoms with Gasteiger partial charge in [-0.1, -0.05) is 13.2 Å². The van der Waals surface area contributed by atoms with Gasteiger partial charge < -0.3 is 102 Å². The molecule has 0 aromatic rings. The predicted molar refractivity (Wildman–Crippen MR) is 442 cm³/mol. The van der Waals surface area contributed by atoms with Crippen LogP contribution in [-0.2, 0) is 102 Å². The maximum atomic E-state index is 10.9. The van der Waals surface area contributed by atoms with E-state index in [1.54, 1.807) is 12.5 Å². The molecule has 0 aromatic heterocycles. The van der Waals surface area contributed by atoms with Crippen LogP contribution in [0.1, 0.15) is 89.9 Å². The molecular formula is C76H152O24Si8. The van der Waals surface area contributed by atoms with Gasteiger partial charge in [-0.15, -0.1) is 0 Å². The zero-order valence-electron chi connectivity index (χ0n) is 70.3. The summed E-state index contributed by atoms with van der Waals surface area (Å²) < 4.78 is 124. The highest BCUT2D eigenvalue weighted by atomic mass is 28.4. The van der Waals surface area contributed by atoms with Crippen molar-refractivity contribution in [3.8, 4) is 0 Å². The molecule has 24 nitrogen and oxygen atoms in total. The molecule has 6 heterocycles. The van der Waals surface area contributed by atoms with Crippen LogP contribution in [-0.4, -0.2) is 261 Å². The van der Waals surface area contributed by atoms with Gasteiger partial charge in [-0.05, 0) is 267 Å². The number of cyclic esters (lactones) is 4. The number of hydrogen-bond donors (Lipinski definition) is 0. The van der Waals surface area contributed by atoms with Gasteiger partial charge >= 0.3 is 12.3 Å². The lowest BCUT2D eigenvalue weighted by Crippen LogP contribution is -2.45. The minimum absolute atomic E-state index is 0.00885. The highest BCUT2D eigenvalue weighted by Crippen LogP contribution is 2.34. The zero-order chi connectivity index (χ0) is 79.0. The summed E-state index contributed by atoms with van der Waals surface area (Å²) >= 11 is 0. The van der Waals surface area contributed by atoms with Crippen LogP contribution in [0.2, 0.25) is 153 Å². The van der Waals surface area contributed by atoms with Crippen LogP contribution in [0.15, 0.2) is 25.7 Å². The summed E-state index contributed by atoms with van der Waals surface area (Å²) in [6, 6.07) is 8.71. The highest BCUT2D eigenvalue weighted by Gasteiger charge is 2.39. The molecular weight excluding hydrogens is 1520 g/mol. The van der Waals surface area contributed by atoms with Crippen molar-refractivity contribution in [3.63, 3.8) is 0 Å². The molecule has 0 aromatic carbocycles. The van der Waals surface area contributed by atoms with Crippen molar-refractivity contribution >= 4 is 78.8 Å². The Balaban J connectivity index is 0.000000263. The van der Waals surface area contributed by atoms with Crippen LogP contribution in [0.5, 0.6) is 0 Å². The Morgan fingerprint density at radius 3 is 0.824 bits per heavy atom. The molecule has 632 valence electrons. The van der Waals surface area contributed by atoms with Gasteiger partial charge in [0.1, 0.15) is 25.4 Å². The van der Waals surface area contributed by atoms with E-state index in [1.165, 1.54) is 63.5 Å². The van der Waals surface area contributed by atoms with Crippen molar-refractivity contribution in [1.29, 1.82) is 0 Å². The Labute approximate surface area is 661 Å². The minimum Gasteiger partial charge on any atom is -0.502 e. The average Bonchev–Trinajstić information content (AvgIpc) is 0.961. The topological polar surface area (TPSA) is 244 Å². The molecule has 8 rings (SSSR count). The van der Waals surface area contributed by atoms with Gasteiger partial charge in [0.05, 0.1) is 91.8 Å². The van der Waals surface area contributed by atoms with E-state index in [-0.39, 0.29) is 38.0 Å². The van der Waals surface area contributed by atoms with E-state index in [0.717, 1.165) is 180 Å². The minimum atomic E-state index is -1.77. The molecule has 108 heavy (non-hydrogen) atoms. The Bertz CT molecular complexity index is 2260. The molecule has 4 unspecified atom stereocenters. The Kier molecular flexibility index (Phi) is 46.0. The van der Waals surface area contributed by atoms with Gasteiger partial charge in [0.2, 0.25) is 0 Å². The third-order valence-electron chi connectivity index (χ3n) is 20.4. The molecule has 0 bridgehead atoms. The van der Waals surface area contributed by atoms with Crippen molar-refractivity contribution in [1.82, 2.24) is 0 Å². The Morgan fingerprint density at radius 2 is 0.565 bits per heavy atom. The van der Waals surface area contributed by atoms with Gasteiger partial charge in [0.15, 0.2) is 91.3 Å². The molecule has 4 atom stereocenters. The summed E-state index contributed by atoms with van der Waals surface area (Å²) in [4.78, 5) is 21.7. The predicted octanol–water partition coefficient (Wildman–Crippen LogP) is 16.6. The molecule has 0 spiro atoms. The lowest BCUT2D eigenvalue weighted by molar-refractivity contribution is -0.0438. The van der Waals surface area contributed by atoms with E-state index >= 15 is 0 Å². The number of rotatable bonds is 54. The van der Waals surface area contributed by atoms with E-state index in [0.29, 0.717) is 62.3 Å². The first-order chi connectivity index (χ1) is 51.1. The number of hydrogen-bond acceptors (Lipinski definition) is 24. The lowest BCUT2D eigenvalue weighted by atomic mass is 9.83. The van der Waals surface area contributed by atoms with Crippen molar-refractivity contribution in [2.75, 3.05) is 145 Å². The standard InChI is InChI=1S/C28H54O5Si2.C18H34O9Si2.C16H34O5Si2.C14H30O5Si2/c1-7-29-21-25-9-13-27(14-10-25)23-31-17-19-34(3,4)33-35(5,6)20-18-32-24-28-15-11-26(12-16-28)22-30-8-2;1-28(2,9-5-7-21-11-15-13-23-17(19)25-15)27-29(3,4)10-6-8-22-12-16-14-24-18(20)26-16;1-22(2,9-5-7-17-11-15-13-19-15)21-23(3,4)10-6-8-18-12-16-14-20-16;1-20(2,11-5-13-15-7-8-16-13)19-21(3,4)12-6-14-17-9-10-18-14/h7-8,25-28H,1-2,9-24H2,3-6H3;15-16H,5-14H2,1-4H3;15-16H,5-14H2,1-4H3;13-14H,5-12H2,1-4H3. The molecule has 0 amide bonds. The highest BCUT2D eigenvalue weighted by molar-refractivity contribution is 6.86. The van der Waals surface area contributed by atoms with Crippen LogP contribution < -0.4 is 0 Å². The second-order valence-corrected chi connectivity index (χ2v) is 71.0.